The topological polar surface area (TPSA) is 124 Å². The van der Waals surface area contributed by atoms with Gasteiger partial charge in [-0.15, -0.1) is 21.5 Å². The molecule has 210 valence electrons. The van der Waals surface area contributed by atoms with Crippen molar-refractivity contribution in [3.05, 3.63) is 93.8 Å². The lowest BCUT2D eigenvalue weighted by Crippen LogP contribution is -2.35. The fourth-order valence-corrected chi connectivity index (χ4v) is 5.89. The van der Waals surface area contributed by atoms with Crippen LogP contribution in [0.15, 0.2) is 69.1 Å². The van der Waals surface area contributed by atoms with Gasteiger partial charge in [0.2, 0.25) is 17.7 Å². The quantitative estimate of drug-likeness (QED) is 0.264. The van der Waals surface area contributed by atoms with E-state index in [9.17, 15) is 13.6 Å². The first-order valence-electron chi connectivity index (χ1n) is 13.0. The standard InChI is InChI=1S/C29H26F2N6O3S/c1-16-15-41-26(34-16)23-12-22(31)14-37(23)27(38)20-10-18(24-33-7-8-39-24)9-19(11-20)25-35-36-28(40-25)29(2,32)13-17-3-5-21(30)6-4-17/h3-11,15,22-23H,12-14,32H2,1-2H3. The number of carbonyl (C=O) groups excluding carboxylic acids is 1. The summed E-state index contributed by atoms with van der Waals surface area (Å²) in [4.78, 5) is 24.1. The number of hydrogen-bond donors (Lipinski definition) is 1. The van der Waals surface area contributed by atoms with Crippen LogP contribution in [0.2, 0.25) is 0 Å². The summed E-state index contributed by atoms with van der Waals surface area (Å²) >= 11 is 1.41. The van der Waals surface area contributed by atoms with Gasteiger partial charge in [0, 0.05) is 34.2 Å². The number of rotatable bonds is 7. The number of hydrogen-bond acceptors (Lipinski definition) is 9. The molecular formula is C29H26F2N6O3S. The van der Waals surface area contributed by atoms with E-state index in [1.165, 1.54) is 40.8 Å². The largest absolute Gasteiger partial charge is 0.445 e. The molecule has 1 aliphatic heterocycles. The molecular weight excluding hydrogens is 550 g/mol. The molecule has 1 saturated heterocycles. The van der Waals surface area contributed by atoms with Crippen LogP contribution in [0, 0.1) is 12.7 Å². The predicted molar refractivity (Wildman–Crippen MR) is 147 cm³/mol. The van der Waals surface area contributed by atoms with E-state index in [4.69, 9.17) is 14.6 Å². The molecule has 0 bridgehead atoms. The molecule has 3 unspecified atom stereocenters. The Labute approximate surface area is 238 Å². The van der Waals surface area contributed by atoms with Crippen molar-refractivity contribution in [1.29, 1.82) is 0 Å². The molecule has 2 N–H and O–H groups in total. The van der Waals surface area contributed by atoms with E-state index < -0.39 is 17.8 Å². The molecule has 1 aliphatic rings. The molecule has 2 aromatic carbocycles. The molecule has 3 aromatic heterocycles. The maximum Gasteiger partial charge on any atom is 0.254 e. The molecule has 0 spiro atoms. The molecule has 6 rings (SSSR count). The van der Waals surface area contributed by atoms with Crippen molar-refractivity contribution in [1.82, 2.24) is 25.1 Å². The van der Waals surface area contributed by atoms with E-state index in [-0.39, 0.29) is 47.9 Å². The molecule has 1 fully saturated rings. The Balaban J connectivity index is 1.34. The van der Waals surface area contributed by atoms with Crippen molar-refractivity contribution in [2.75, 3.05) is 6.54 Å². The second kappa shape index (κ2) is 10.6. The van der Waals surface area contributed by atoms with Crippen LogP contribution in [0.1, 0.15) is 51.9 Å². The van der Waals surface area contributed by atoms with Crippen molar-refractivity contribution in [2.45, 2.75) is 44.4 Å². The number of thiazole rings is 1. The number of nitrogens with zero attached hydrogens (tertiary/aromatic N) is 5. The number of benzene rings is 2. The van der Waals surface area contributed by atoms with Gasteiger partial charge in [-0.3, -0.25) is 4.79 Å². The van der Waals surface area contributed by atoms with Gasteiger partial charge in [0.1, 0.15) is 23.3 Å². The van der Waals surface area contributed by atoms with Gasteiger partial charge in [-0.2, -0.15) is 0 Å². The zero-order chi connectivity index (χ0) is 28.7. The third-order valence-electron chi connectivity index (χ3n) is 6.94. The summed E-state index contributed by atoms with van der Waals surface area (Å²) in [5.74, 6) is -0.108. The molecule has 4 heterocycles. The Kier molecular flexibility index (Phi) is 6.96. The molecule has 12 heteroatoms. The summed E-state index contributed by atoms with van der Waals surface area (Å²) in [7, 11) is 0. The fourth-order valence-electron chi connectivity index (χ4n) is 4.97. The number of amides is 1. The average molecular weight is 577 g/mol. The van der Waals surface area contributed by atoms with Crippen LogP contribution in [-0.4, -0.2) is 43.7 Å². The highest BCUT2D eigenvalue weighted by molar-refractivity contribution is 7.09. The summed E-state index contributed by atoms with van der Waals surface area (Å²) in [6, 6.07) is 10.5. The molecule has 9 nitrogen and oxygen atoms in total. The Hall–Kier alpha value is -4.29. The number of aromatic nitrogens is 4. The summed E-state index contributed by atoms with van der Waals surface area (Å²) in [5, 5.41) is 11.0. The van der Waals surface area contributed by atoms with E-state index >= 15 is 0 Å². The number of alkyl halides is 1. The van der Waals surface area contributed by atoms with Crippen LogP contribution in [-0.2, 0) is 12.0 Å². The summed E-state index contributed by atoms with van der Waals surface area (Å²) in [6.07, 6.45) is 2.27. The highest BCUT2D eigenvalue weighted by atomic mass is 32.1. The van der Waals surface area contributed by atoms with E-state index in [1.54, 1.807) is 37.3 Å². The van der Waals surface area contributed by atoms with E-state index in [0.717, 1.165) is 11.3 Å². The van der Waals surface area contributed by atoms with Gasteiger partial charge in [0.05, 0.1) is 24.3 Å². The lowest BCUT2D eigenvalue weighted by molar-refractivity contribution is 0.0728. The average Bonchev–Trinajstić information content (AvgIpc) is 3.76. The van der Waals surface area contributed by atoms with Gasteiger partial charge in [0.25, 0.3) is 5.91 Å². The summed E-state index contributed by atoms with van der Waals surface area (Å²) < 4.78 is 39.5. The third kappa shape index (κ3) is 5.52. The monoisotopic (exact) mass is 576 g/mol. The van der Waals surface area contributed by atoms with Crippen LogP contribution in [0.4, 0.5) is 8.78 Å². The third-order valence-corrected chi connectivity index (χ3v) is 8.00. The Bertz CT molecular complexity index is 1680. The summed E-state index contributed by atoms with van der Waals surface area (Å²) in [6.45, 7) is 3.57. The highest BCUT2D eigenvalue weighted by Crippen LogP contribution is 2.37. The Morgan fingerprint density at radius 1 is 1.17 bits per heavy atom. The van der Waals surface area contributed by atoms with Crippen LogP contribution >= 0.6 is 11.3 Å². The summed E-state index contributed by atoms with van der Waals surface area (Å²) in [5.41, 5.74) is 8.35. The van der Waals surface area contributed by atoms with Crippen LogP contribution in [0.3, 0.4) is 0 Å². The second-order valence-electron chi connectivity index (χ2n) is 10.4. The molecule has 3 atom stereocenters. The van der Waals surface area contributed by atoms with Crippen molar-refractivity contribution in [2.24, 2.45) is 5.73 Å². The van der Waals surface area contributed by atoms with E-state index in [1.807, 2.05) is 12.3 Å². The Morgan fingerprint density at radius 2 is 1.93 bits per heavy atom. The highest BCUT2D eigenvalue weighted by Gasteiger charge is 2.39. The smallest absolute Gasteiger partial charge is 0.254 e. The predicted octanol–water partition coefficient (Wildman–Crippen LogP) is 5.64. The van der Waals surface area contributed by atoms with Crippen molar-refractivity contribution in [3.63, 3.8) is 0 Å². The minimum absolute atomic E-state index is 0.0414. The van der Waals surface area contributed by atoms with Crippen molar-refractivity contribution >= 4 is 17.2 Å². The number of carbonyl (C=O) groups is 1. The molecule has 0 aliphatic carbocycles. The van der Waals surface area contributed by atoms with Gasteiger partial charge >= 0.3 is 0 Å². The van der Waals surface area contributed by atoms with Crippen molar-refractivity contribution in [3.8, 4) is 22.9 Å². The first kappa shape index (κ1) is 26.9. The first-order chi connectivity index (χ1) is 19.7. The molecule has 1 amide bonds. The van der Waals surface area contributed by atoms with Gasteiger partial charge in [0.15, 0.2) is 0 Å². The maximum absolute atomic E-state index is 14.6. The number of oxazole rings is 1. The van der Waals surface area contributed by atoms with Gasteiger partial charge in [-0.25, -0.2) is 18.7 Å². The molecule has 0 saturated carbocycles. The molecule has 0 radical (unpaired) electrons. The van der Waals surface area contributed by atoms with Crippen LogP contribution < -0.4 is 5.73 Å². The SMILES string of the molecule is Cc1csc(C2CC(F)CN2C(=O)c2cc(-c3ncco3)cc(-c3nnc(C(C)(N)Cc4ccc(F)cc4)o3)c2)n1. The normalized spacial score (nSPS) is 18.5. The lowest BCUT2D eigenvalue weighted by atomic mass is 9.94. The molecule has 41 heavy (non-hydrogen) atoms. The number of likely N-dealkylation sites (tertiary alicyclic amines) is 1. The van der Waals surface area contributed by atoms with Gasteiger partial charge in [-0.05, 0) is 56.2 Å². The molecule has 5 aromatic rings. The fraction of sp³-hybridized carbons (Fsp3) is 0.276. The van der Waals surface area contributed by atoms with Crippen molar-refractivity contribution < 1.29 is 22.4 Å². The minimum Gasteiger partial charge on any atom is -0.445 e. The number of halogens is 2. The first-order valence-corrected chi connectivity index (χ1v) is 13.8. The van der Waals surface area contributed by atoms with E-state index in [0.29, 0.717) is 22.6 Å². The lowest BCUT2D eigenvalue weighted by Gasteiger charge is -2.23. The Morgan fingerprint density at radius 3 is 2.61 bits per heavy atom. The maximum atomic E-state index is 14.6. The van der Waals surface area contributed by atoms with Gasteiger partial charge < -0.3 is 19.5 Å². The number of aryl methyl sites for hydroxylation is 1. The van der Waals surface area contributed by atoms with Gasteiger partial charge in [-0.1, -0.05) is 12.1 Å². The van der Waals surface area contributed by atoms with Crippen LogP contribution in [0.25, 0.3) is 22.9 Å². The van der Waals surface area contributed by atoms with Crippen LogP contribution in [0.5, 0.6) is 0 Å². The zero-order valence-corrected chi connectivity index (χ0v) is 23.1. The number of nitrogens with two attached hydrogens (primary N) is 1. The second-order valence-corrected chi connectivity index (χ2v) is 11.3. The minimum atomic E-state index is -1.16. The van der Waals surface area contributed by atoms with E-state index in [2.05, 4.69) is 20.2 Å². The zero-order valence-electron chi connectivity index (χ0n) is 22.3.